The Hall–Kier alpha value is -1.20. The van der Waals surface area contributed by atoms with Gasteiger partial charge in [0.05, 0.1) is 5.75 Å². The molecule has 0 atom stereocenters. The molecule has 4 nitrogen and oxygen atoms in total. The summed E-state index contributed by atoms with van der Waals surface area (Å²) in [5, 5.41) is 4.61. The zero-order valence-corrected chi connectivity index (χ0v) is 12.7. The molecule has 19 heavy (non-hydrogen) atoms. The number of thioether (sulfide) groups is 1. The molecule has 0 amide bonds. The van der Waals surface area contributed by atoms with E-state index in [-0.39, 0.29) is 5.41 Å². The number of nitrogens with two attached hydrogens (primary N) is 1. The van der Waals surface area contributed by atoms with Gasteiger partial charge in [0.15, 0.2) is 5.82 Å². The number of rotatable bonds is 3. The van der Waals surface area contributed by atoms with E-state index in [1.807, 2.05) is 32.9 Å². The van der Waals surface area contributed by atoms with Crippen LogP contribution < -0.4 is 5.73 Å². The normalized spacial score (nSPS) is 11.8. The molecule has 2 rings (SSSR count). The molecule has 0 bridgehead atoms. The van der Waals surface area contributed by atoms with Crippen molar-refractivity contribution in [3.05, 3.63) is 34.9 Å². The summed E-state index contributed by atoms with van der Waals surface area (Å²) in [6.07, 6.45) is 0. The molecule has 0 radical (unpaired) electrons. The molecule has 0 aliphatic carbocycles. The van der Waals surface area contributed by atoms with E-state index in [1.54, 1.807) is 17.8 Å². The monoisotopic (exact) mass is 297 g/mol. The van der Waals surface area contributed by atoms with Gasteiger partial charge in [-0.3, -0.25) is 0 Å². The molecule has 1 aromatic carbocycles. The van der Waals surface area contributed by atoms with Gasteiger partial charge in [-0.25, -0.2) is 0 Å². The molecule has 0 unspecified atom stereocenters. The van der Waals surface area contributed by atoms with Gasteiger partial charge in [0.2, 0.25) is 5.89 Å². The summed E-state index contributed by atoms with van der Waals surface area (Å²) >= 11 is 7.42. The second-order valence-corrected chi connectivity index (χ2v) is 6.69. The van der Waals surface area contributed by atoms with Gasteiger partial charge >= 0.3 is 0 Å². The van der Waals surface area contributed by atoms with Crippen LogP contribution in [-0.4, -0.2) is 10.1 Å². The van der Waals surface area contributed by atoms with E-state index >= 15 is 0 Å². The van der Waals surface area contributed by atoms with E-state index in [0.717, 1.165) is 4.90 Å². The van der Waals surface area contributed by atoms with Crippen LogP contribution in [0.25, 0.3) is 0 Å². The van der Waals surface area contributed by atoms with E-state index in [4.69, 9.17) is 21.9 Å². The van der Waals surface area contributed by atoms with Gasteiger partial charge in [-0.2, -0.15) is 4.98 Å². The Morgan fingerprint density at radius 2 is 2.11 bits per heavy atom. The first kappa shape index (κ1) is 14.2. The van der Waals surface area contributed by atoms with E-state index in [0.29, 0.717) is 28.2 Å². The van der Waals surface area contributed by atoms with Crippen LogP contribution >= 0.6 is 23.4 Å². The number of nitrogens with zero attached hydrogens (tertiary/aromatic N) is 2. The van der Waals surface area contributed by atoms with E-state index in [9.17, 15) is 0 Å². The largest absolute Gasteiger partial charge is 0.398 e. The molecule has 2 N–H and O–H groups in total. The Labute approximate surface area is 121 Å². The molecule has 1 heterocycles. The second-order valence-electron chi connectivity index (χ2n) is 5.24. The highest BCUT2D eigenvalue weighted by Crippen LogP contribution is 2.30. The fraction of sp³-hybridized carbons (Fsp3) is 0.385. The van der Waals surface area contributed by atoms with Crippen LogP contribution in [-0.2, 0) is 11.2 Å². The number of hydrogen-bond acceptors (Lipinski definition) is 5. The Balaban J connectivity index is 2.04. The molecule has 0 saturated heterocycles. The van der Waals surface area contributed by atoms with Gasteiger partial charge < -0.3 is 10.3 Å². The second kappa shape index (κ2) is 5.43. The molecular formula is C13H16ClN3OS. The summed E-state index contributed by atoms with van der Waals surface area (Å²) in [5.41, 5.74) is 6.42. The average Bonchev–Trinajstić information content (AvgIpc) is 2.76. The third kappa shape index (κ3) is 3.64. The number of hydrogen-bond donors (Lipinski definition) is 1. The number of nitrogen functional groups attached to an aromatic ring is 1. The fourth-order valence-corrected chi connectivity index (χ4v) is 2.38. The van der Waals surface area contributed by atoms with Crippen molar-refractivity contribution in [1.29, 1.82) is 0 Å². The maximum atomic E-state index is 5.89. The van der Waals surface area contributed by atoms with Crippen LogP contribution in [0.1, 0.15) is 32.5 Å². The number of halogens is 1. The molecule has 0 aliphatic heterocycles. The zero-order valence-electron chi connectivity index (χ0n) is 11.1. The molecule has 0 spiro atoms. The molecule has 2 aromatic rings. The van der Waals surface area contributed by atoms with Crippen LogP contribution in [0, 0.1) is 0 Å². The standard InChI is InChI=1S/C13H16ClN3OS/c1-13(2,3)12-16-11(17-18-12)7-19-10-5-4-8(14)6-9(10)15/h4-6H,7,15H2,1-3H3. The van der Waals surface area contributed by atoms with Gasteiger partial charge in [0.25, 0.3) is 0 Å². The van der Waals surface area contributed by atoms with Crippen LogP contribution in [0.4, 0.5) is 5.69 Å². The van der Waals surface area contributed by atoms with E-state index < -0.39 is 0 Å². The summed E-state index contributed by atoms with van der Waals surface area (Å²) in [6.45, 7) is 6.11. The predicted molar refractivity (Wildman–Crippen MR) is 78.4 cm³/mol. The van der Waals surface area contributed by atoms with Crippen LogP contribution in [0.3, 0.4) is 0 Å². The molecule has 6 heteroatoms. The zero-order chi connectivity index (χ0) is 14.0. The van der Waals surface area contributed by atoms with Gasteiger partial charge in [-0.05, 0) is 18.2 Å². The van der Waals surface area contributed by atoms with Crippen LogP contribution in [0.5, 0.6) is 0 Å². The Morgan fingerprint density at radius 3 is 2.68 bits per heavy atom. The lowest BCUT2D eigenvalue weighted by Crippen LogP contribution is -2.11. The maximum absolute atomic E-state index is 5.89. The first-order chi connectivity index (χ1) is 8.86. The quantitative estimate of drug-likeness (QED) is 0.687. The molecule has 0 aliphatic rings. The minimum Gasteiger partial charge on any atom is -0.398 e. The van der Waals surface area contributed by atoms with Gasteiger partial charge in [-0.15, -0.1) is 11.8 Å². The van der Waals surface area contributed by atoms with Crippen LogP contribution in [0.2, 0.25) is 5.02 Å². The van der Waals surface area contributed by atoms with Gasteiger partial charge in [0, 0.05) is 21.0 Å². The Kier molecular flexibility index (Phi) is 4.06. The highest BCUT2D eigenvalue weighted by Gasteiger charge is 2.21. The fourth-order valence-electron chi connectivity index (χ4n) is 1.41. The van der Waals surface area contributed by atoms with Crippen molar-refractivity contribution < 1.29 is 4.52 Å². The number of aromatic nitrogens is 2. The lowest BCUT2D eigenvalue weighted by atomic mass is 9.97. The number of benzene rings is 1. The summed E-state index contributed by atoms with van der Waals surface area (Å²) in [5.74, 6) is 1.93. The molecule has 102 valence electrons. The van der Waals surface area contributed by atoms with Gasteiger partial charge in [0.1, 0.15) is 0 Å². The summed E-state index contributed by atoms with van der Waals surface area (Å²) in [6, 6.07) is 5.45. The summed E-state index contributed by atoms with van der Waals surface area (Å²) < 4.78 is 5.24. The van der Waals surface area contributed by atoms with E-state index in [2.05, 4.69) is 10.1 Å². The van der Waals surface area contributed by atoms with Gasteiger partial charge in [-0.1, -0.05) is 37.5 Å². The Morgan fingerprint density at radius 1 is 1.37 bits per heavy atom. The molecule has 0 fully saturated rings. The lowest BCUT2D eigenvalue weighted by molar-refractivity contribution is 0.319. The molecular weight excluding hydrogens is 282 g/mol. The van der Waals surface area contributed by atoms with Crippen molar-refractivity contribution in [3.63, 3.8) is 0 Å². The third-order valence-electron chi connectivity index (χ3n) is 2.44. The topological polar surface area (TPSA) is 64.9 Å². The van der Waals surface area contributed by atoms with Crippen LogP contribution in [0.15, 0.2) is 27.6 Å². The highest BCUT2D eigenvalue weighted by molar-refractivity contribution is 7.98. The predicted octanol–water partition coefficient (Wildman–Crippen LogP) is 3.90. The third-order valence-corrected chi connectivity index (χ3v) is 3.76. The summed E-state index contributed by atoms with van der Waals surface area (Å²) in [4.78, 5) is 5.34. The Bertz CT molecular complexity index is 578. The SMILES string of the molecule is CC(C)(C)c1nc(CSc2ccc(Cl)cc2N)no1. The smallest absolute Gasteiger partial charge is 0.232 e. The first-order valence-electron chi connectivity index (χ1n) is 5.87. The van der Waals surface area contributed by atoms with Crippen molar-refractivity contribution >= 4 is 29.1 Å². The minimum atomic E-state index is -0.130. The minimum absolute atomic E-state index is 0.130. The average molecular weight is 298 g/mol. The van der Waals surface area contributed by atoms with Crippen molar-refractivity contribution in [2.24, 2.45) is 0 Å². The molecule has 1 aromatic heterocycles. The highest BCUT2D eigenvalue weighted by atomic mass is 35.5. The maximum Gasteiger partial charge on any atom is 0.232 e. The van der Waals surface area contributed by atoms with E-state index in [1.165, 1.54) is 0 Å². The first-order valence-corrected chi connectivity index (χ1v) is 7.23. The van der Waals surface area contributed by atoms with Crippen molar-refractivity contribution in [2.45, 2.75) is 36.8 Å². The lowest BCUT2D eigenvalue weighted by Gasteiger charge is -2.10. The number of anilines is 1. The summed E-state index contributed by atoms with van der Waals surface area (Å²) in [7, 11) is 0. The van der Waals surface area contributed by atoms with Crippen molar-refractivity contribution in [1.82, 2.24) is 10.1 Å². The van der Waals surface area contributed by atoms with Crippen molar-refractivity contribution in [3.8, 4) is 0 Å². The van der Waals surface area contributed by atoms with Crippen molar-refractivity contribution in [2.75, 3.05) is 5.73 Å². The molecule has 0 saturated carbocycles.